The van der Waals surface area contributed by atoms with Gasteiger partial charge in [0.05, 0.1) is 0 Å². The Kier molecular flexibility index (Phi) is 4.57. The largest absolute Gasteiger partial charge is 0.207 e. The number of benzene rings is 2. The van der Waals surface area contributed by atoms with E-state index in [9.17, 15) is 4.39 Å². The predicted molar refractivity (Wildman–Crippen MR) is 96.1 cm³/mol. The van der Waals surface area contributed by atoms with Crippen LogP contribution in [0.3, 0.4) is 0 Å². The summed E-state index contributed by atoms with van der Waals surface area (Å²) in [5.41, 5.74) is 5.45. The van der Waals surface area contributed by atoms with Crippen molar-refractivity contribution in [1.82, 2.24) is 0 Å². The van der Waals surface area contributed by atoms with Crippen LogP contribution < -0.4 is 0 Å². The van der Waals surface area contributed by atoms with Gasteiger partial charge in [-0.1, -0.05) is 73.8 Å². The summed E-state index contributed by atoms with van der Waals surface area (Å²) < 4.78 is 13.7. The molecule has 3 rings (SSSR count). The van der Waals surface area contributed by atoms with Gasteiger partial charge in [-0.3, -0.25) is 0 Å². The lowest BCUT2D eigenvalue weighted by Gasteiger charge is -2.26. The van der Waals surface area contributed by atoms with Crippen molar-refractivity contribution >= 4 is 5.57 Å². The van der Waals surface area contributed by atoms with Gasteiger partial charge in [-0.2, -0.15) is 0 Å². The minimum Gasteiger partial charge on any atom is -0.207 e. The summed E-state index contributed by atoms with van der Waals surface area (Å²) in [5, 5.41) is 0. The Morgan fingerprint density at radius 3 is 2.74 bits per heavy atom. The number of allylic oxidation sites excluding steroid dienone is 4. The molecule has 0 spiro atoms. The van der Waals surface area contributed by atoms with Crippen LogP contribution in [0, 0.1) is 0 Å². The summed E-state index contributed by atoms with van der Waals surface area (Å²) in [6.45, 7) is 7.11. The molecule has 0 amide bonds. The lowest BCUT2D eigenvalue weighted by Crippen LogP contribution is -2.11. The first-order valence-electron chi connectivity index (χ1n) is 8.06. The summed E-state index contributed by atoms with van der Waals surface area (Å²) >= 11 is 0. The minimum atomic E-state index is -0.425. The normalized spacial score (nSPS) is 17.4. The average molecular weight is 304 g/mol. The number of hydrogen-bond acceptors (Lipinski definition) is 0. The highest BCUT2D eigenvalue weighted by Crippen LogP contribution is 2.37. The highest BCUT2D eigenvalue weighted by Gasteiger charge is 2.21. The second-order valence-electron chi connectivity index (χ2n) is 5.99. The molecule has 2 aromatic rings. The lowest BCUT2D eigenvalue weighted by molar-refractivity contribution is 0.616. The summed E-state index contributed by atoms with van der Waals surface area (Å²) in [6.07, 6.45) is 6.75. The van der Waals surface area contributed by atoms with Gasteiger partial charge in [0.1, 0.15) is 5.83 Å². The van der Waals surface area contributed by atoms with Gasteiger partial charge in [-0.05, 0) is 41.5 Å². The summed E-state index contributed by atoms with van der Waals surface area (Å²) in [6, 6.07) is 16.8. The SMILES string of the molecule is C=C/C=C(\C(=C)F)c1cccc([C@H]2CCCc3ccccc32)c1. The Balaban J connectivity index is 2.03. The van der Waals surface area contributed by atoms with Crippen molar-refractivity contribution in [3.8, 4) is 0 Å². The quantitative estimate of drug-likeness (QED) is 0.589. The number of halogens is 1. The highest BCUT2D eigenvalue weighted by atomic mass is 19.1. The van der Waals surface area contributed by atoms with Crippen molar-refractivity contribution in [2.24, 2.45) is 0 Å². The van der Waals surface area contributed by atoms with Gasteiger partial charge in [-0.25, -0.2) is 4.39 Å². The van der Waals surface area contributed by atoms with E-state index in [1.807, 2.05) is 12.1 Å². The van der Waals surface area contributed by atoms with Crippen LogP contribution in [0.1, 0.15) is 41.0 Å². The molecular weight excluding hydrogens is 283 g/mol. The van der Waals surface area contributed by atoms with Gasteiger partial charge < -0.3 is 0 Å². The van der Waals surface area contributed by atoms with Crippen LogP contribution in [0.25, 0.3) is 5.57 Å². The molecule has 0 saturated heterocycles. The molecule has 1 aliphatic carbocycles. The number of aryl methyl sites for hydroxylation is 1. The van der Waals surface area contributed by atoms with Gasteiger partial charge in [0.15, 0.2) is 0 Å². The van der Waals surface area contributed by atoms with E-state index in [0.29, 0.717) is 11.5 Å². The van der Waals surface area contributed by atoms with Crippen LogP contribution in [0.5, 0.6) is 0 Å². The second-order valence-corrected chi connectivity index (χ2v) is 5.99. The monoisotopic (exact) mass is 304 g/mol. The molecular formula is C22H21F. The summed E-state index contributed by atoms with van der Waals surface area (Å²) in [4.78, 5) is 0. The molecule has 0 radical (unpaired) electrons. The van der Waals surface area contributed by atoms with E-state index < -0.39 is 5.83 Å². The highest BCUT2D eigenvalue weighted by molar-refractivity contribution is 5.77. The van der Waals surface area contributed by atoms with Crippen molar-refractivity contribution in [2.75, 3.05) is 0 Å². The fourth-order valence-electron chi connectivity index (χ4n) is 3.48. The third-order valence-corrected chi connectivity index (χ3v) is 4.55. The molecule has 0 saturated carbocycles. The van der Waals surface area contributed by atoms with E-state index in [1.165, 1.54) is 23.1 Å². The topological polar surface area (TPSA) is 0 Å². The van der Waals surface area contributed by atoms with Crippen LogP contribution in [0.2, 0.25) is 0 Å². The van der Waals surface area contributed by atoms with Crippen LogP contribution >= 0.6 is 0 Å². The fourth-order valence-corrected chi connectivity index (χ4v) is 3.48. The zero-order chi connectivity index (χ0) is 16.2. The van der Waals surface area contributed by atoms with Gasteiger partial charge in [0, 0.05) is 11.5 Å². The van der Waals surface area contributed by atoms with E-state index >= 15 is 0 Å². The van der Waals surface area contributed by atoms with Crippen LogP contribution in [0.15, 0.2) is 79.7 Å². The Morgan fingerprint density at radius 2 is 1.96 bits per heavy atom. The smallest absolute Gasteiger partial charge is 0.123 e. The van der Waals surface area contributed by atoms with Gasteiger partial charge in [0.2, 0.25) is 0 Å². The van der Waals surface area contributed by atoms with E-state index in [4.69, 9.17) is 0 Å². The Hall–Kier alpha value is -2.41. The van der Waals surface area contributed by atoms with Crippen LogP contribution in [0.4, 0.5) is 4.39 Å². The standard InChI is InChI=1S/C22H21F/c1-3-8-20(16(2)23)18-11-6-12-19(15-18)22-14-7-10-17-9-4-5-13-21(17)22/h3-6,8-9,11-13,15,22H,1-2,7,10,14H2/b20-8+/t22-/m1/s1. The molecule has 0 heterocycles. The van der Waals surface area contributed by atoms with Gasteiger partial charge >= 0.3 is 0 Å². The minimum absolute atomic E-state index is 0.387. The summed E-state index contributed by atoms with van der Waals surface area (Å²) in [5.74, 6) is -0.0381. The molecule has 2 aromatic carbocycles. The van der Waals surface area contributed by atoms with E-state index in [1.54, 1.807) is 12.2 Å². The maximum absolute atomic E-state index is 13.7. The van der Waals surface area contributed by atoms with E-state index in [0.717, 1.165) is 18.4 Å². The van der Waals surface area contributed by atoms with Crippen molar-refractivity contribution in [1.29, 1.82) is 0 Å². The van der Waals surface area contributed by atoms with Gasteiger partial charge in [-0.15, -0.1) is 0 Å². The Morgan fingerprint density at radius 1 is 1.13 bits per heavy atom. The number of hydrogen-bond donors (Lipinski definition) is 0. The Labute approximate surface area is 137 Å². The summed E-state index contributed by atoms with van der Waals surface area (Å²) in [7, 11) is 0. The predicted octanol–water partition coefficient (Wildman–Crippen LogP) is 6.21. The van der Waals surface area contributed by atoms with E-state index in [2.05, 4.69) is 49.6 Å². The molecule has 0 bridgehead atoms. The third-order valence-electron chi connectivity index (χ3n) is 4.55. The fraction of sp³-hybridized carbons (Fsp3) is 0.182. The number of rotatable bonds is 4. The maximum atomic E-state index is 13.7. The van der Waals surface area contributed by atoms with Gasteiger partial charge in [0.25, 0.3) is 0 Å². The molecule has 1 heteroatoms. The van der Waals surface area contributed by atoms with Crippen LogP contribution in [-0.4, -0.2) is 0 Å². The average Bonchev–Trinajstić information content (AvgIpc) is 2.59. The molecule has 116 valence electrons. The maximum Gasteiger partial charge on any atom is 0.123 e. The Bertz CT molecular complexity index is 767. The van der Waals surface area contributed by atoms with E-state index in [-0.39, 0.29) is 0 Å². The van der Waals surface area contributed by atoms with Crippen molar-refractivity contribution in [3.05, 3.63) is 102 Å². The molecule has 0 fully saturated rings. The zero-order valence-corrected chi connectivity index (χ0v) is 13.3. The number of fused-ring (bicyclic) bond motifs is 1. The molecule has 0 aromatic heterocycles. The second kappa shape index (κ2) is 6.78. The first-order chi connectivity index (χ1) is 11.2. The molecule has 0 unspecified atom stereocenters. The van der Waals surface area contributed by atoms with Crippen molar-refractivity contribution in [2.45, 2.75) is 25.2 Å². The molecule has 0 N–H and O–H groups in total. The lowest BCUT2D eigenvalue weighted by atomic mass is 9.78. The zero-order valence-electron chi connectivity index (χ0n) is 13.3. The molecule has 0 nitrogen and oxygen atoms in total. The molecule has 0 aliphatic heterocycles. The molecule has 1 aliphatic rings. The van der Waals surface area contributed by atoms with Crippen molar-refractivity contribution in [3.63, 3.8) is 0 Å². The first-order valence-corrected chi connectivity index (χ1v) is 8.06. The van der Waals surface area contributed by atoms with Crippen molar-refractivity contribution < 1.29 is 4.39 Å². The first kappa shape index (κ1) is 15.5. The van der Waals surface area contributed by atoms with Crippen LogP contribution in [-0.2, 0) is 6.42 Å². The third kappa shape index (κ3) is 3.19. The molecule has 1 atom stereocenters. The molecule has 23 heavy (non-hydrogen) atoms.